The number of halogens is 3. The van der Waals surface area contributed by atoms with Crippen LogP contribution in [0.15, 0.2) is 12.1 Å². The maximum atomic E-state index is 13.5. The molecule has 0 spiro atoms. The number of nitrogens with one attached hydrogen (secondary N) is 1. The van der Waals surface area contributed by atoms with E-state index in [0.717, 1.165) is 32.0 Å². The number of benzene rings is 1. The van der Waals surface area contributed by atoms with Gasteiger partial charge in [-0.05, 0) is 39.7 Å². The highest BCUT2D eigenvalue weighted by Crippen LogP contribution is 2.21. The molecule has 1 N–H and O–H groups in total. The van der Waals surface area contributed by atoms with E-state index in [2.05, 4.69) is 31.0 Å². The SMILES string of the molecule is CC(C)(C)N1CCC(NCc2cc(F)c(F)cc2F)CC1. The molecule has 0 aliphatic carbocycles. The predicted molar refractivity (Wildman–Crippen MR) is 77.5 cm³/mol. The Morgan fingerprint density at radius 2 is 1.62 bits per heavy atom. The van der Waals surface area contributed by atoms with Crippen LogP contribution in [0.25, 0.3) is 0 Å². The first-order valence-electron chi connectivity index (χ1n) is 7.39. The Balaban J connectivity index is 1.87. The predicted octanol–water partition coefficient (Wildman–Crippen LogP) is 3.46. The Morgan fingerprint density at radius 3 is 2.19 bits per heavy atom. The van der Waals surface area contributed by atoms with Crippen molar-refractivity contribution in [1.29, 1.82) is 0 Å². The largest absolute Gasteiger partial charge is 0.310 e. The minimum Gasteiger partial charge on any atom is -0.310 e. The number of hydrogen-bond donors (Lipinski definition) is 1. The first-order valence-corrected chi connectivity index (χ1v) is 7.39. The molecule has 1 fully saturated rings. The van der Waals surface area contributed by atoms with Gasteiger partial charge in [-0.25, -0.2) is 13.2 Å². The van der Waals surface area contributed by atoms with Gasteiger partial charge >= 0.3 is 0 Å². The van der Waals surface area contributed by atoms with Gasteiger partial charge in [-0.15, -0.1) is 0 Å². The van der Waals surface area contributed by atoms with Crippen LogP contribution in [0.4, 0.5) is 13.2 Å². The second-order valence-corrected chi connectivity index (χ2v) is 6.67. The van der Waals surface area contributed by atoms with Gasteiger partial charge in [-0.1, -0.05) is 0 Å². The smallest absolute Gasteiger partial charge is 0.161 e. The highest BCUT2D eigenvalue weighted by atomic mass is 19.2. The second-order valence-electron chi connectivity index (χ2n) is 6.67. The summed E-state index contributed by atoms with van der Waals surface area (Å²) in [4.78, 5) is 2.42. The Bertz CT molecular complexity index is 489. The average Bonchev–Trinajstić information content (AvgIpc) is 2.41. The molecular weight excluding hydrogens is 277 g/mol. The van der Waals surface area contributed by atoms with Crippen LogP contribution in [0.1, 0.15) is 39.2 Å². The maximum absolute atomic E-state index is 13.5. The number of rotatable bonds is 3. The third-order valence-electron chi connectivity index (χ3n) is 4.11. The van der Waals surface area contributed by atoms with Crippen LogP contribution >= 0.6 is 0 Å². The zero-order valence-corrected chi connectivity index (χ0v) is 12.8. The first-order chi connectivity index (χ1) is 9.77. The molecule has 2 nitrogen and oxygen atoms in total. The fourth-order valence-electron chi connectivity index (χ4n) is 2.71. The number of piperidine rings is 1. The number of hydrogen-bond acceptors (Lipinski definition) is 2. The van der Waals surface area contributed by atoms with E-state index >= 15 is 0 Å². The summed E-state index contributed by atoms with van der Waals surface area (Å²) >= 11 is 0. The summed E-state index contributed by atoms with van der Waals surface area (Å²) in [6.45, 7) is 8.78. The van der Waals surface area contributed by atoms with Crippen molar-refractivity contribution in [3.05, 3.63) is 35.1 Å². The van der Waals surface area contributed by atoms with Crippen LogP contribution < -0.4 is 5.32 Å². The molecule has 0 aromatic heterocycles. The lowest BCUT2D eigenvalue weighted by Crippen LogP contribution is -2.49. The van der Waals surface area contributed by atoms with E-state index in [1.165, 1.54) is 0 Å². The molecule has 1 aromatic rings. The van der Waals surface area contributed by atoms with E-state index in [1.54, 1.807) is 0 Å². The van der Waals surface area contributed by atoms with Gasteiger partial charge in [0.05, 0.1) is 0 Å². The Hall–Kier alpha value is -1.07. The molecule has 5 heteroatoms. The van der Waals surface area contributed by atoms with Gasteiger partial charge in [0, 0.05) is 42.8 Å². The highest BCUT2D eigenvalue weighted by molar-refractivity contribution is 5.20. The lowest BCUT2D eigenvalue weighted by atomic mass is 9.98. The van der Waals surface area contributed by atoms with Crippen LogP contribution in [-0.4, -0.2) is 29.6 Å². The summed E-state index contributed by atoms with van der Waals surface area (Å²) in [5, 5.41) is 3.24. The van der Waals surface area contributed by atoms with Crippen LogP contribution in [0.5, 0.6) is 0 Å². The summed E-state index contributed by atoms with van der Waals surface area (Å²) in [7, 11) is 0. The Morgan fingerprint density at radius 1 is 1.05 bits per heavy atom. The van der Waals surface area contributed by atoms with E-state index in [9.17, 15) is 13.2 Å². The molecule has 0 atom stereocenters. The van der Waals surface area contributed by atoms with Crippen molar-refractivity contribution < 1.29 is 13.2 Å². The molecule has 0 bridgehead atoms. The monoisotopic (exact) mass is 300 g/mol. The third kappa shape index (κ3) is 4.20. The van der Waals surface area contributed by atoms with Crippen molar-refractivity contribution in [2.24, 2.45) is 0 Å². The van der Waals surface area contributed by atoms with Gasteiger partial charge < -0.3 is 5.32 Å². The van der Waals surface area contributed by atoms with Gasteiger partial charge in [-0.3, -0.25) is 4.90 Å². The van der Waals surface area contributed by atoms with Crippen molar-refractivity contribution in [3.63, 3.8) is 0 Å². The fourth-order valence-corrected chi connectivity index (χ4v) is 2.71. The number of likely N-dealkylation sites (tertiary alicyclic amines) is 1. The summed E-state index contributed by atoms with van der Waals surface area (Å²) in [6, 6.07) is 1.83. The highest BCUT2D eigenvalue weighted by Gasteiger charge is 2.26. The normalized spacial score (nSPS) is 18.2. The summed E-state index contributed by atoms with van der Waals surface area (Å²) in [5.74, 6) is -2.85. The molecule has 1 aliphatic rings. The molecule has 0 radical (unpaired) electrons. The van der Waals surface area contributed by atoms with Crippen molar-refractivity contribution in [1.82, 2.24) is 10.2 Å². The summed E-state index contributed by atoms with van der Waals surface area (Å²) in [5.41, 5.74) is 0.337. The van der Waals surface area contributed by atoms with Crippen LogP contribution in [0.2, 0.25) is 0 Å². The molecule has 0 unspecified atom stereocenters. The molecule has 1 aliphatic heterocycles. The topological polar surface area (TPSA) is 15.3 Å². The zero-order chi connectivity index (χ0) is 15.6. The minimum absolute atomic E-state index is 0.164. The summed E-state index contributed by atoms with van der Waals surface area (Å²) < 4.78 is 39.5. The van der Waals surface area contributed by atoms with Gasteiger partial charge in [-0.2, -0.15) is 0 Å². The molecule has 0 amide bonds. The van der Waals surface area contributed by atoms with Crippen molar-refractivity contribution >= 4 is 0 Å². The van der Waals surface area contributed by atoms with Crippen LogP contribution in [-0.2, 0) is 6.54 Å². The van der Waals surface area contributed by atoms with Crippen molar-refractivity contribution in [3.8, 4) is 0 Å². The summed E-state index contributed by atoms with van der Waals surface area (Å²) in [6.07, 6.45) is 1.95. The molecule has 2 rings (SSSR count). The molecular formula is C16H23F3N2. The third-order valence-corrected chi connectivity index (χ3v) is 4.11. The van der Waals surface area contributed by atoms with E-state index < -0.39 is 17.5 Å². The minimum atomic E-state index is -1.14. The van der Waals surface area contributed by atoms with Crippen molar-refractivity contribution in [2.45, 2.75) is 51.7 Å². The molecule has 1 saturated heterocycles. The van der Waals surface area contributed by atoms with Crippen molar-refractivity contribution in [2.75, 3.05) is 13.1 Å². The first kappa shape index (κ1) is 16.3. The van der Waals surface area contributed by atoms with E-state index in [1.807, 2.05) is 0 Å². The second kappa shape index (κ2) is 6.36. The van der Waals surface area contributed by atoms with Gasteiger partial charge in [0.15, 0.2) is 11.6 Å². The van der Waals surface area contributed by atoms with Crippen LogP contribution in [0, 0.1) is 17.5 Å². The van der Waals surface area contributed by atoms with E-state index in [4.69, 9.17) is 0 Å². The lowest BCUT2D eigenvalue weighted by molar-refractivity contribution is 0.0959. The Labute approximate surface area is 124 Å². The number of nitrogens with zero attached hydrogens (tertiary/aromatic N) is 1. The zero-order valence-electron chi connectivity index (χ0n) is 12.8. The molecule has 21 heavy (non-hydrogen) atoms. The quantitative estimate of drug-likeness (QED) is 0.860. The molecule has 1 aromatic carbocycles. The molecule has 0 saturated carbocycles. The lowest BCUT2D eigenvalue weighted by Gasteiger charge is -2.41. The molecule has 118 valence electrons. The molecule has 1 heterocycles. The average molecular weight is 300 g/mol. The fraction of sp³-hybridized carbons (Fsp3) is 0.625. The Kier molecular flexibility index (Phi) is 4.94. The van der Waals surface area contributed by atoms with E-state index in [-0.39, 0.29) is 23.7 Å². The van der Waals surface area contributed by atoms with Gasteiger partial charge in [0.25, 0.3) is 0 Å². The van der Waals surface area contributed by atoms with Gasteiger partial charge in [0.2, 0.25) is 0 Å². The van der Waals surface area contributed by atoms with Gasteiger partial charge in [0.1, 0.15) is 5.82 Å². The van der Waals surface area contributed by atoms with Crippen LogP contribution in [0.3, 0.4) is 0 Å². The standard InChI is InChI=1S/C16H23F3N2/c1-16(2,3)21-6-4-12(5-7-21)20-10-11-8-14(18)15(19)9-13(11)17/h8-9,12,20H,4-7,10H2,1-3H3. The van der Waals surface area contributed by atoms with E-state index in [0.29, 0.717) is 6.07 Å². The maximum Gasteiger partial charge on any atom is 0.161 e.